The summed E-state index contributed by atoms with van der Waals surface area (Å²) in [5.74, 6) is -1.38. The van der Waals surface area contributed by atoms with Gasteiger partial charge in [0, 0.05) is 32.7 Å². The summed E-state index contributed by atoms with van der Waals surface area (Å²) in [6.45, 7) is 0. The van der Waals surface area contributed by atoms with Crippen LogP contribution in [-0.4, -0.2) is 31.1 Å². The van der Waals surface area contributed by atoms with Crippen molar-refractivity contribution < 1.29 is 14.7 Å². The summed E-state index contributed by atoms with van der Waals surface area (Å²) in [6, 6.07) is 1.66. The molecule has 7 nitrogen and oxygen atoms in total. The van der Waals surface area contributed by atoms with E-state index in [9.17, 15) is 9.59 Å². The van der Waals surface area contributed by atoms with Crippen molar-refractivity contribution in [3.8, 4) is 0 Å². The predicted molar refractivity (Wildman–Crippen MR) is 63.5 cm³/mol. The molecule has 7 heteroatoms. The first kappa shape index (κ1) is 11.9. The molecule has 0 aliphatic carbocycles. The molecule has 0 unspecified atom stereocenters. The van der Waals surface area contributed by atoms with Crippen LogP contribution in [0.15, 0.2) is 24.7 Å². The van der Waals surface area contributed by atoms with E-state index >= 15 is 0 Å². The van der Waals surface area contributed by atoms with E-state index in [-0.39, 0.29) is 17.5 Å². The number of nitrogens with zero attached hydrogens (tertiary/aromatic N) is 3. The summed E-state index contributed by atoms with van der Waals surface area (Å²) in [5, 5.41) is 11.4. The van der Waals surface area contributed by atoms with Crippen molar-refractivity contribution >= 4 is 17.7 Å². The van der Waals surface area contributed by atoms with Crippen LogP contribution in [-0.2, 0) is 14.1 Å². The van der Waals surface area contributed by atoms with Gasteiger partial charge in [-0.15, -0.1) is 0 Å². The number of carboxylic acids is 1. The van der Waals surface area contributed by atoms with Gasteiger partial charge in [0.15, 0.2) is 5.82 Å². The van der Waals surface area contributed by atoms with Gasteiger partial charge in [-0.25, -0.2) is 9.78 Å². The minimum atomic E-state index is -1.14. The molecule has 2 heterocycles. The van der Waals surface area contributed by atoms with E-state index in [1.807, 2.05) is 0 Å². The quantitative estimate of drug-likeness (QED) is 0.837. The van der Waals surface area contributed by atoms with Gasteiger partial charge < -0.3 is 19.6 Å². The number of hydrogen-bond donors (Lipinski definition) is 2. The first-order valence-electron chi connectivity index (χ1n) is 5.17. The third-order valence-electron chi connectivity index (χ3n) is 2.40. The molecule has 0 saturated carbocycles. The summed E-state index contributed by atoms with van der Waals surface area (Å²) < 4.78 is 3.08. The van der Waals surface area contributed by atoms with Gasteiger partial charge in [0.2, 0.25) is 5.82 Å². The smallest absolute Gasteiger partial charge is 0.372 e. The van der Waals surface area contributed by atoms with E-state index < -0.39 is 5.97 Å². The number of aromatic nitrogens is 3. The lowest BCUT2D eigenvalue weighted by molar-refractivity contribution is 0.0679. The van der Waals surface area contributed by atoms with E-state index in [2.05, 4.69) is 10.3 Å². The zero-order chi connectivity index (χ0) is 13.3. The van der Waals surface area contributed by atoms with Crippen molar-refractivity contribution in [2.24, 2.45) is 14.1 Å². The molecule has 0 saturated heterocycles. The molecule has 2 N–H and O–H groups in total. The third-order valence-corrected chi connectivity index (χ3v) is 2.40. The molecule has 0 spiro atoms. The first-order valence-corrected chi connectivity index (χ1v) is 5.17. The van der Waals surface area contributed by atoms with Crippen molar-refractivity contribution in [2.75, 3.05) is 5.32 Å². The summed E-state index contributed by atoms with van der Waals surface area (Å²) >= 11 is 0. The normalized spacial score (nSPS) is 10.3. The second kappa shape index (κ2) is 4.36. The van der Waals surface area contributed by atoms with Crippen LogP contribution in [0, 0.1) is 0 Å². The van der Waals surface area contributed by atoms with Crippen LogP contribution in [0.1, 0.15) is 21.0 Å². The molecule has 0 bridgehead atoms. The van der Waals surface area contributed by atoms with Crippen LogP contribution < -0.4 is 5.32 Å². The number of hydrogen-bond acceptors (Lipinski definition) is 3. The first-order chi connectivity index (χ1) is 8.47. The lowest BCUT2D eigenvalue weighted by Crippen LogP contribution is -2.11. The van der Waals surface area contributed by atoms with E-state index in [1.54, 1.807) is 37.1 Å². The number of aromatic carboxylic acids is 1. The second-order valence-electron chi connectivity index (χ2n) is 3.89. The molecule has 0 aliphatic heterocycles. The lowest BCUT2D eigenvalue weighted by atomic mass is 10.3. The third kappa shape index (κ3) is 2.24. The predicted octanol–water partition coefficient (Wildman–Crippen LogP) is 0.709. The monoisotopic (exact) mass is 248 g/mol. The molecule has 0 atom stereocenters. The molecular formula is C11H12N4O3. The van der Waals surface area contributed by atoms with Crippen LogP contribution in [0.3, 0.4) is 0 Å². The average molecular weight is 248 g/mol. The number of aryl methyl sites for hydroxylation is 2. The molecule has 2 aromatic rings. The Morgan fingerprint density at radius 3 is 2.56 bits per heavy atom. The average Bonchev–Trinajstić information content (AvgIpc) is 2.85. The van der Waals surface area contributed by atoms with Gasteiger partial charge in [0.05, 0.1) is 5.56 Å². The maximum atomic E-state index is 11.8. The minimum absolute atomic E-state index is 0.127. The highest BCUT2D eigenvalue weighted by Gasteiger charge is 2.14. The van der Waals surface area contributed by atoms with E-state index in [1.165, 1.54) is 10.8 Å². The number of rotatable bonds is 3. The van der Waals surface area contributed by atoms with Gasteiger partial charge >= 0.3 is 5.97 Å². The minimum Gasteiger partial charge on any atom is -0.475 e. The Bertz CT molecular complexity index is 612. The molecule has 0 radical (unpaired) electrons. The summed E-state index contributed by atoms with van der Waals surface area (Å²) in [4.78, 5) is 26.4. The van der Waals surface area contributed by atoms with Gasteiger partial charge in [-0.2, -0.15) is 0 Å². The van der Waals surface area contributed by atoms with Crippen LogP contribution >= 0.6 is 0 Å². The number of nitrogens with one attached hydrogen (secondary N) is 1. The Labute approximate surface area is 103 Å². The Kier molecular flexibility index (Phi) is 2.88. The fraction of sp³-hybridized carbons (Fsp3) is 0.182. The Balaban J connectivity index is 2.17. The van der Waals surface area contributed by atoms with Crippen molar-refractivity contribution in [3.63, 3.8) is 0 Å². The molecule has 0 fully saturated rings. The van der Waals surface area contributed by atoms with Crippen molar-refractivity contribution in [1.29, 1.82) is 0 Å². The Hall–Kier alpha value is -2.57. The summed E-state index contributed by atoms with van der Waals surface area (Å²) in [6.07, 6.45) is 4.86. The van der Waals surface area contributed by atoms with Gasteiger partial charge in [0.25, 0.3) is 5.91 Å². The van der Waals surface area contributed by atoms with E-state index in [0.717, 1.165) is 0 Å². The highest BCUT2D eigenvalue weighted by molar-refractivity contribution is 6.03. The van der Waals surface area contributed by atoms with Crippen molar-refractivity contribution in [3.05, 3.63) is 36.0 Å². The van der Waals surface area contributed by atoms with Crippen molar-refractivity contribution in [1.82, 2.24) is 14.1 Å². The Morgan fingerprint density at radius 2 is 2.06 bits per heavy atom. The van der Waals surface area contributed by atoms with E-state index in [4.69, 9.17) is 5.11 Å². The number of anilines is 1. The van der Waals surface area contributed by atoms with Gasteiger partial charge in [-0.1, -0.05) is 0 Å². The topological polar surface area (TPSA) is 89.2 Å². The van der Waals surface area contributed by atoms with E-state index in [0.29, 0.717) is 5.56 Å². The molecule has 94 valence electrons. The number of carbonyl (C=O) groups is 2. The fourth-order valence-corrected chi connectivity index (χ4v) is 1.55. The van der Waals surface area contributed by atoms with Crippen molar-refractivity contribution in [2.45, 2.75) is 0 Å². The molecule has 2 rings (SSSR count). The highest BCUT2D eigenvalue weighted by atomic mass is 16.4. The Morgan fingerprint density at radius 1 is 1.33 bits per heavy atom. The maximum Gasteiger partial charge on any atom is 0.372 e. The molecule has 2 aromatic heterocycles. The molecule has 18 heavy (non-hydrogen) atoms. The fourth-order valence-electron chi connectivity index (χ4n) is 1.55. The standard InChI is InChI=1S/C11H12N4O3/c1-14-4-3-7(5-14)10(16)13-8-6-15(2)9(12-8)11(17)18/h3-6H,1-2H3,(H,13,16)(H,17,18). The lowest BCUT2D eigenvalue weighted by Gasteiger charge is -1.98. The zero-order valence-corrected chi connectivity index (χ0v) is 9.91. The molecule has 1 amide bonds. The maximum absolute atomic E-state index is 11.8. The number of carboxylic acid groups (broad SMARTS) is 1. The number of amides is 1. The van der Waals surface area contributed by atoms with Crippen LogP contribution in [0.25, 0.3) is 0 Å². The summed E-state index contributed by atoms with van der Waals surface area (Å²) in [5.41, 5.74) is 0.486. The summed E-state index contributed by atoms with van der Waals surface area (Å²) in [7, 11) is 3.36. The molecule has 0 aliphatic rings. The number of imidazole rings is 1. The largest absolute Gasteiger partial charge is 0.475 e. The highest BCUT2D eigenvalue weighted by Crippen LogP contribution is 2.09. The number of carbonyl (C=O) groups excluding carboxylic acids is 1. The SMILES string of the molecule is Cn1ccc(C(=O)Nc2cn(C)c(C(=O)O)n2)c1. The van der Waals surface area contributed by atoms with Crippen LogP contribution in [0.2, 0.25) is 0 Å². The van der Waals surface area contributed by atoms with Crippen LogP contribution in [0.5, 0.6) is 0 Å². The zero-order valence-electron chi connectivity index (χ0n) is 9.91. The molecule has 0 aromatic carbocycles. The van der Waals surface area contributed by atoms with Gasteiger partial charge in [-0.3, -0.25) is 4.79 Å². The second-order valence-corrected chi connectivity index (χ2v) is 3.89. The molecular weight excluding hydrogens is 236 g/mol. The van der Waals surface area contributed by atoms with Gasteiger partial charge in [-0.05, 0) is 6.07 Å². The van der Waals surface area contributed by atoms with Crippen LogP contribution in [0.4, 0.5) is 5.82 Å². The van der Waals surface area contributed by atoms with Gasteiger partial charge in [0.1, 0.15) is 0 Å².